The number of rotatable bonds is 8. The normalized spacial score (nSPS) is 15.7. The average Bonchev–Trinajstić information content (AvgIpc) is 2.12. The maximum Gasteiger partial charge on any atom is 0.0225 e. The standard InChI is InChI=1S/C12H25Cl/c1-4-5-6-11(2)7-8-12(3)9-10-13/h11-12H,4-10H2,1-3H3. The van der Waals surface area contributed by atoms with Crippen LogP contribution in [0.25, 0.3) is 0 Å². The average molecular weight is 205 g/mol. The molecule has 1 heteroatoms. The van der Waals surface area contributed by atoms with Crippen LogP contribution in [0.15, 0.2) is 0 Å². The van der Waals surface area contributed by atoms with Crippen LogP contribution in [0.1, 0.15) is 59.3 Å². The van der Waals surface area contributed by atoms with Crippen LogP contribution >= 0.6 is 11.6 Å². The van der Waals surface area contributed by atoms with Gasteiger partial charge in [0.1, 0.15) is 0 Å². The van der Waals surface area contributed by atoms with Crippen molar-refractivity contribution in [3.63, 3.8) is 0 Å². The molecule has 0 aliphatic carbocycles. The van der Waals surface area contributed by atoms with Crippen molar-refractivity contribution >= 4 is 11.6 Å². The molecule has 0 aliphatic rings. The van der Waals surface area contributed by atoms with Gasteiger partial charge < -0.3 is 0 Å². The Morgan fingerprint density at radius 1 is 0.923 bits per heavy atom. The summed E-state index contributed by atoms with van der Waals surface area (Å²) in [6.45, 7) is 6.96. The quantitative estimate of drug-likeness (QED) is 0.496. The highest BCUT2D eigenvalue weighted by Gasteiger charge is 2.05. The summed E-state index contributed by atoms with van der Waals surface area (Å²) in [5, 5.41) is 0. The first kappa shape index (κ1) is 13.3. The molecule has 0 aromatic rings. The Labute approximate surface area is 89.1 Å². The third kappa shape index (κ3) is 8.62. The van der Waals surface area contributed by atoms with Gasteiger partial charge in [-0.15, -0.1) is 11.6 Å². The lowest BCUT2D eigenvalue weighted by molar-refractivity contribution is 0.399. The molecule has 13 heavy (non-hydrogen) atoms. The topological polar surface area (TPSA) is 0 Å². The Hall–Kier alpha value is 0.290. The maximum absolute atomic E-state index is 5.70. The minimum atomic E-state index is 0.821. The van der Waals surface area contributed by atoms with Crippen molar-refractivity contribution in [2.75, 3.05) is 5.88 Å². The minimum Gasteiger partial charge on any atom is -0.127 e. The van der Waals surface area contributed by atoms with Crippen LogP contribution in [-0.4, -0.2) is 5.88 Å². The van der Waals surface area contributed by atoms with Crippen molar-refractivity contribution in [1.29, 1.82) is 0 Å². The van der Waals surface area contributed by atoms with Gasteiger partial charge in [0.05, 0.1) is 0 Å². The van der Waals surface area contributed by atoms with Gasteiger partial charge in [0.2, 0.25) is 0 Å². The first-order valence-corrected chi connectivity index (χ1v) is 6.30. The first-order valence-electron chi connectivity index (χ1n) is 5.76. The van der Waals surface area contributed by atoms with Crippen LogP contribution in [0.2, 0.25) is 0 Å². The van der Waals surface area contributed by atoms with E-state index < -0.39 is 0 Å². The lowest BCUT2D eigenvalue weighted by Gasteiger charge is -2.14. The smallest absolute Gasteiger partial charge is 0.0225 e. The molecule has 0 nitrogen and oxygen atoms in total. The Morgan fingerprint density at radius 2 is 1.46 bits per heavy atom. The third-order valence-corrected chi connectivity index (χ3v) is 3.02. The van der Waals surface area contributed by atoms with Gasteiger partial charge in [-0.3, -0.25) is 0 Å². The molecule has 0 radical (unpaired) electrons. The molecule has 0 N–H and O–H groups in total. The number of alkyl halides is 1. The van der Waals surface area contributed by atoms with E-state index in [2.05, 4.69) is 20.8 Å². The highest BCUT2D eigenvalue weighted by Crippen LogP contribution is 2.19. The minimum absolute atomic E-state index is 0.821. The maximum atomic E-state index is 5.70. The molecule has 0 heterocycles. The van der Waals surface area contributed by atoms with Crippen LogP contribution < -0.4 is 0 Å². The monoisotopic (exact) mass is 204 g/mol. The van der Waals surface area contributed by atoms with Crippen molar-refractivity contribution < 1.29 is 0 Å². The van der Waals surface area contributed by atoms with Crippen LogP contribution in [0.4, 0.5) is 0 Å². The predicted octanol–water partition coefficient (Wildman–Crippen LogP) is 4.86. The largest absolute Gasteiger partial charge is 0.127 e. The van der Waals surface area contributed by atoms with Crippen LogP contribution in [0.3, 0.4) is 0 Å². The first-order chi connectivity index (χ1) is 6.20. The number of hydrogen-bond donors (Lipinski definition) is 0. The summed E-state index contributed by atoms with van der Waals surface area (Å²) in [6.07, 6.45) is 8.06. The van der Waals surface area contributed by atoms with E-state index in [1.54, 1.807) is 0 Å². The van der Waals surface area contributed by atoms with Gasteiger partial charge in [0.15, 0.2) is 0 Å². The molecule has 0 aliphatic heterocycles. The predicted molar refractivity (Wildman–Crippen MR) is 62.4 cm³/mol. The molecule has 0 aromatic carbocycles. The Balaban J connectivity index is 3.29. The molecule has 0 amide bonds. The zero-order chi connectivity index (χ0) is 10.1. The zero-order valence-corrected chi connectivity index (χ0v) is 10.2. The van der Waals surface area contributed by atoms with Crippen LogP contribution in [-0.2, 0) is 0 Å². The molecule has 80 valence electrons. The fraction of sp³-hybridized carbons (Fsp3) is 1.00. The molecule has 0 saturated heterocycles. The second kappa shape index (κ2) is 8.87. The van der Waals surface area contributed by atoms with Crippen molar-refractivity contribution in [2.24, 2.45) is 11.8 Å². The van der Waals surface area contributed by atoms with Gasteiger partial charge in [-0.1, -0.05) is 52.9 Å². The lowest BCUT2D eigenvalue weighted by Crippen LogP contribution is -2.01. The number of halogens is 1. The van der Waals surface area contributed by atoms with Crippen LogP contribution in [0.5, 0.6) is 0 Å². The Morgan fingerprint density at radius 3 is 1.92 bits per heavy atom. The van der Waals surface area contributed by atoms with E-state index >= 15 is 0 Å². The third-order valence-electron chi connectivity index (χ3n) is 2.80. The lowest BCUT2D eigenvalue weighted by atomic mass is 9.93. The summed E-state index contributed by atoms with van der Waals surface area (Å²) in [4.78, 5) is 0. The molecule has 2 unspecified atom stereocenters. The molecular weight excluding hydrogens is 180 g/mol. The van der Waals surface area contributed by atoms with Gasteiger partial charge in [-0.2, -0.15) is 0 Å². The molecule has 0 bridgehead atoms. The summed E-state index contributed by atoms with van der Waals surface area (Å²) in [7, 11) is 0. The van der Waals surface area contributed by atoms with E-state index in [1.807, 2.05) is 0 Å². The van der Waals surface area contributed by atoms with Crippen molar-refractivity contribution in [3.05, 3.63) is 0 Å². The van der Waals surface area contributed by atoms with E-state index in [0.29, 0.717) is 0 Å². The fourth-order valence-electron chi connectivity index (χ4n) is 1.60. The summed E-state index contributed by atoms with van der Waals surface area (Å²) in [5.74, 6) is 2.56. The van der Waals surface area contributed by atoms with E-state index in [4.69, 9.17) is 11.6 Å². The van der Waals surface area contributed by atoms with Gasteiger partial charge in [-0.25, -0.2) is 0 Å². The van der Waals surface area contributed by atoms with E-state index in [9.17, 15) is 0 Å². The highest BCUT2D eigenvalue weighted by atomic mass is 35.5. The SMILES string of the molecule is CCCCC(C)CCC(C)CCCl. The second-order valence-corrected chi connectivity index (χ2v) is 4.79. The second-order valence-electron chi connectivity index (χ2n) is 4.41. The fourth-order valence-corrected chi connectivity index (χ4v) is 1.97. The van der Waals surface area contributed by atoms with Crippen molar-refractivity contribution in [3.8, 4) is 0 Å². The van der Waals surface area contributed by atoms with Crippen LogP contribution in [0, 0.1) is 11.8 Å². The summed E-state index contributed by atoms with van der Waals surface area (Å²) < 4.78 is 0. The van der Waals surface area contributed by atoms with E-state index in [0.717, 1.165) is 17.7 Å². The van der Waals surface area contributed by atoms with Gasteiger partial charge >= 0.3 is 0 Å². The number of unbranched alkanes of at least 4 members (excludes halogenated alkanes) is 1. The molecule has 0 spiro atoms. The van der Waals surface area contributed by atoms with E-state index in [1.165, 1.54) is 38.5 Å². The van der Waals surface area contributed by atoms with Gasteiger partial charge in [-0.05, 0) is 18.3 Å². The molecule has 0 saturated carbocycles. The van der Waals surface area contributed by atoms with E-state index in [-0.39, 0.29) is 0 Å². The zero-order valence-electron chi connectivity index (χ0n) is 9.48. The molecule has 0 fully saturated rings. The molecule has 0 aromatic heterocycles. The number of hydrogen-bond acceptors (Lipinski definition) is 0. The summed E-state index contributed by atoms with van der Waals surface area (Å²) in [6, 6.07) is 0. The Kier molecular flexibility index (Phi) is 9.07. The van der Waals surface area contributed by atoms with Crippen molar-refractivity contribution in [2.45, 2.75) is 59.3 Å². The van der Waals surface area contributed by atoms with Crippen molar-refractivity contribution in [1.82, 2.24) is 0 Å². The highest BCUT2D eigenvalue weighted by molar-refractivity contribution is 6.17. The molecule has 2 atom stereocenters. The van der Waals surface area contributed by atoms with Gasteiger partial charge in [0.25, 0.3) is 0 Å². The Bertz CT molecular complexity index is 101. The molecule has 0 rings (SSSR count). The summed E-state index contributed by atoms with van der Waals surface area (Å²) >= 11 is 5.70. The van der Waals surface area contributed by atoms with Gasteiger partial charge in [0, 0.05) is 5.88 Å². The summed E-state index contributed by atoms with van der Waals surface area (Å²) in [5.41, 5.74) is 0. The molecular formula is C12H25Cl.